The molecule has 0 aliphatic heterocycles. The first-order valence-electron chi connectivity index (χ1n) is 9.38. The van der Waals surface area contributed by atoms with Crippen LogP contribution in [0.3, 0.4) is 0 Å². The highest BCUT2D eigenvalue weighted by Crippen LogP contribution is 2.52. The first kappa shape index (κ1) is 19.7. The predicted octanol–water partition coefficient (Wildman–Crippen LogP) is 4.03. The van der Waals surface area contributed by atoms with E-state index in [2.05, 4.69) is 6.58 Å². The number of ether oxygens (including phenoxy) is 3. The fourth-order valence-corrected chi connectivity index (χ4v) is 3.77. The van der Waals surface area contributed by atoms with Crippen LogP contribution >= 0.6 is 0 Å². The van der Waals surface area contributed by atoms with Gasteiger partial charge in [0.1, 0.15) is 11.5 Å². The molecule has 2 aromatic rings. The second kappa shape index (κ2) is 8.30. The Balaban J connectivity index is 2.09. The zero-order chi connectivity index (χ0) is 20.1. The maximum absolute atomic E-state index is 13.1. The average molecular weight is 380 g/mol. The van der Waals surface area contributed by atoms with Gasteiger partial charge in [0, 0.05) is 6.42 Å². The van der Waals surface area contributed by atoms with Crippen LogP contribution in [-0.4, -0.2) is 25.2 Å². The summed E-state index contributed by atoms with van der Waals surface area (Å²) in [4.78, 5) is 26.2. The van der Waals surface area contributed by atoms with Crippen LogP contribution in [0, 0.1) is 5.41 Å². The molecule has 0 spiro atoms. The van der Waals surface area contributed by atoms with Gasteiger partial charge in [0.2, 0.25) is 0 Å². The summed E-state index contributed by atoms with van der Waals surface area (Å²) in [7, 11) is 0. The quantitative estimate of drug-likeness (QED) is 0.412. The standard InChI is InChI=1S/C23H24O5/c1-4-26-21(24)23(22(25)27-5-2)15-17-11-9-10-14-19(17)20(23)16(3)28-18-12-7-6-8-13-18/h6-14,20H,3-5,15H2,1-2H3. The lowest BCUT2D eigenvalue weighted by atomic mass is 9.75. The maximum atomic E-state index is 13.1. The second-order valence-corrected chi connectivity index (χ2v) is 6.60. The number of benzene rings is 2. The van der Waals surface area contributed by atoms with Crippen LogP contribution < -0.4 is 4.74 Å². The highest BCUT2D eigenvalue weighted by Gasteiger charge is 2.61. The van der Waals surface area contributed by atoms with Crippen LogP contribution in [0.25, 0.3) is 0 Å². The van der Waals surface area contributed by atoms with Gasteiger partial charge in [0.15, 0.2) is 5.41 Å². The Morgan fingerprint density at radius 2 is 1.54 bits per heavy atom. The Morgan fingerprint density at radius 1 is 0.964 bits per heavy atom. The van der Waals surface area contributed by atoms with E-state index in [1.54, 1.807) is 26.0 Å². The minimum Gasteiger partial charge on any atom is -0.465 e. The molecular weight excluding hydrogens is 356 g/mol. The molecule has 1 aliphatic rings. The number of allylic oxidation sites excluding steroid dienone is 1. The Bertz CT molecular complexity index is 854. The van der Waals surface area contributed by atoms with Crippen LogP contribution in [0.4, 0.5) is 0 Å². The summed E-state index contributed by atoms with van der Waals surface area (Å²) in [5, 5.41) is 0. The molecule has 1 aliphatic carbocycles. The van der Waals surface area contributed by atoms with E-state index >= 15 is 0 Å². The molecule has 146 valence electrons. The molecule has 0 fully saturated rings. The predicted molar refractivity (Wildman–Crippen MR) is 105 cm³/mol. The fourth-order valence-electron chi connectivity index (χ4n) is 3.77. The summed E-state index contributed by atoms with van der Waals surface area (Å²) in [6.45, 7) is 7.82. The first-order valence-corrected chi connectivity index (χ1v) is 9.38. The molecule has 28 heavy (non-hydrogen) atoms. The lowest BCUT2D eigenvalue weighted by molar-refractivity contribution is -0.173. The van der Waals surface area contributed by atoms with Gasteiger partial charge in [-0.1, -0.05) is 49.0 Å². The third-order valence-corrected chi connectivity index (χ3v) is 4.92. The molecular formula is C23H24O5. The van der Waals surface area contributed by atoms with Gasteiger partial charge in [-0.2, -0.15) is 0 Å². The summed E-state index contributed by atoms with van der Waals surface area (Å²) in [5.41, 5.74) is 0.151. The molecule has 0 N–H and O–H groups in total. The molecule has 0 heterocycles. The molecule has 3 rings (SSSR count). The smallest absolute Gasteiger partial charge is 0.324 e. The number of rotatable bonds is 7. The molecule has 0 bridgehead atoms. The van der Waals surface area contributed by atoms with E-state index < -0.39 is 23.3 Å². The number of carbonyl (C=O) groups excluding carboxylic acids is 2. The van der Waals surface area contributed by atoms with Gasteiger partial charge in [0.25, 0.3) is 0 Å². The topological polar surface area (TPSA) is 61.8 Å². The lowest BCUT2D eigenvalue weighted by Gasteiger charge is -2.32. The Hall–Kier alpha value is -3.08. The van der Waals surface area contributed by atoms with Crippen LogP contribution in [0.15, 0.2) is 66.9 Å². The number of esters is 2. The second-order valence-electron chi connectivity index (χ2n) is 6.60. The lowest BCUT2D eigenvalue weighted by Crippen LogP contribution is -2.46. The van der Waals surface area contributed by atoms with Crippen molar-refractivity contribution in [1.82, 2.24) is 0 Å². The molecule has 0 radical (unpaired) electrons. The van der Waals surface area contributed by atoms with E-state index in [1.165, 1.54) is 0 Å². The van der Waals surface area contributed by atoms with Crippen molar-refractivity contribution in [3.63, 3.8) is 0 Å². The zero-order valence-corrected chi connectivity index (χ0v) is 16.1. The number of carbonyl (C=O) groups is 2. The molecule has 0 amide bonds. The largest absolute Gasteiger partial charge is 0.465 e. The molecule has 0 aromatic heterocycles. The van der Waals surface area contributed by atoms with E-state index in [4.69, 9.17) is 14.2 Å². The van der Waals surface area contributed by atoms with Crippen LogP contribution in [0.5, 0.6) is 5.75 Å². The summed E-state index contributed by atoms with van der Waals surface area (Å²) in [6.07, 6.45) is 0.183. The van der Waals surface area contributed by atoms with Crippen LogP contribution in [0.2, 0.25) is 0 Å². The third-order valence-electron chi connectivity index (χ3n) is 4.92. The first-order chi connectivity index (χ1) is 13.5. The van der Waals surface area contributed by atoms with Crippen molar-refractivity contribution in [1.29, 1.82) is 0 Å². The summed E-state index contributed by atoms with van der Waals surface area (Å²) in [5.74, 6) is -1.06. The van der Waals surface area contributed by atoms with Gasteiger partial charge in [-0.15, -0.1) is 0 Å². The van der Waals surface area contributed by atoms with Gasteiger partial charge in [-0.3, -0.25) is 9.59 Å². The molecule has 2 aromatic carbocycles. The minimum absolute atomic E-state index is 0.162. The number of hydrogen-bond donors (Lipinski definition) is 0. The number of hydrogen-bond acceptors (Lipinski definition) is 5. The van der Waals surface area contributed by atoms with Crippen LogP contribution in [-0.2, 0) is 25.5 Å². The Morgan fingerprint density at radius 3 is 2.14 bits per heavy atom. The van der Waals surface area contributed by atoms with Crippen molar-refractivity contribution in [2.75, 3.05) is 13.2 Å². The van der Waals surface area contributed by atoms with Gasteiger partial charge in [0.05, 0.1) is 19.1 Å². The van der Waals surface area contributed by atoms with Crippen molar-refractivity contribution >= 4 is 11.9 Å². The summed E-state index contributed by atoms with van der Waals surface area (Å²) >= 11 is 0. The average Bonchev–Trinajstić information content (AvgIpc) is 3.05. The van der Waals surface area contributed by atoms with Crippen LogP contribution in [0.1, 0.15) is 30.9 Å². The Labute approximate surface area is 164 Å². The van der Waals surface area contributed by atoms with Gasteiger partial charge >= 0.3 is 11.9 Å². The summed E-state index contributed by atoms with van der Waals surface area (Å²) < 4.78 is 16.6. The van der Waals surface area contributed by atoms with E-state index in [-0.39, 0.29) is 19.6 Å². The normalized spacial score (nSPS) is 16.7. The van der Waals surface area contributed by atoms with E-state index in [1.807, 2.05) is 42.5 Å². The van der Waals surface area contributed by atoms with Crippen molar-refractivity contribution in [3.05, 3.63) is 78.1 Å². The van der Waals surface area contributed by atoms with Crippen molar-refractivity contribution in [2.45, 2.75) is 26.2 Å². The SMILES string of the molecule is C=C(Oc1ccccc1)C1c2ccccc2CC1(C(=O)OCC)C(=O)OCC. The number of fused-ring (bicyclic) bond motifs is 1. The molecule has 0 saturated carbocycles. The third kappa shape index (κ3) is 3.40. The van der Waals surface area contributed by atoms with Gasteiger partial charge in [-0.25, -0.2) is 0 Å². The molecule has 5 nitrogen and oxygen atoms in total. The molecule has 1 unspecified atom stereocenters. The highest BCUT2D eigenvalue weighted by atomic mass is 16.6. The van der Waals surface area contributed by atoms with E-state index in [0.717, 1.165) is 11.1 Å². The maximum Gasteiger partial charge on any atom is 0.324 e. The van der Waals surface area contributed by atoms with Crippen molar-refractivity contribution < 1.29 is 23.8 Å². The van der Waals surface area contributed by atoms with Crippen molar-refractivity contribution in [3.8, 4) is 5.75 Å². The Kier molecular flexibility index (Phi) is 5.83. The highest BCUT2D eigenvalue weighted by molar-refractivity contribution is 6.03. The molecule has 0 saturated heterocycles. The van der Waals surface area contributed by atoms with Gasteiger partial charge in [-0.05, 0) is 37.1 Å². The van der Waals surface area contributed by atoms with E-state index in [9.17, 15) is 9.59 Å². The van der Waals surface area contributed by atoms with Gasteiger partial charge < -0.3 is 14.2 Å². The fraction of sp³-hybridized carbons (Fsp3) is 0.304. The summed E-state index contributed by atoms with van der Waals surface area (Å²) in [6, 6.07) is 16.7. The van der Waals surface area contributed by atoms with Crippen molar-refractivity contribution in [2.24, 2.45) is 5.41 Å². The van der Waals surface area contributed by atoms with E-state index in [0.29, 0.717) is 11.5 Å². The number of para-hydroxylation sites is 1. The minimum atomic E-state index is -1.55. The molecule has 5 heteroatoms. The monoisotopic (exact) mass is 380 g/mol. The zero-order valence-electron chi connectivity index (χ0n) is 16.1. The molecule has 1 atom stereocenters.